The number of non-ortho nitro benzene ring substituents is 1. The van der Waals surface area contributed by atoms with Crippen molar-refractivity contribution in [2.75, 3.05) is 6.54 Å². The molecule has 21 heavy (non-hydrogen) atoms. The molecule has 0 aliphatic heterocycles. The van der Waals surface area contributed by atoms with E-state index in [-0.39, 0.29) is 23.4 Å². The monoisotopic (exact) mass is 297 g/mol. The van der Waals surface area contributed by atoms with Crippen molar-refractivity contribution in [1.29, 1.82) is 0 Å². The molecule has 0 bridgehead atoms. The maximum absolute atomic E-state index is 14.0. The molecule has 0 fully saturated rings. The highest BCUT2D eigenvalue weighted by atomic mass is 19.1. The summed E-state index contributed by atoms with van der Waals surface area (Å²) >= 11 is 0. The maximum atomic E-state index is 14.0. The van der Waals surface area contributed by atoms with Crippen LogP contribution in [0, 0.1) is 22.9 Å². The number of amides is 1. The molecule has 0 radical (unpaired) electrons. The normalized spacial score (nSPS) is 11.3. The number of nitro groups is 1. The van der Waals surface area contributed by atoms with Crippen LogP contribution >= 0.6 is 0 Å². The summed E-state index contributed by atoms with van der Waals surface area (Å²) < 4.78 is 14.0. The molecular formula is C14H20FN3O3. The van der Waals surface area contributed by atoms with Gasteiger partial charge in [-0.05, 0) is 25.3 Å². The van der Waals surface area contributed by atoms with Crippen molar-refractivity contribution in [2.45, 2.75) is 39.2 Å². The van der Waals surface area contributed by atoms with Crippen LogP contribution in [0.1, 0.15) is 42.6 Å². The average molecular weight is 297 g/mol. The predicted octanol–water partition coefficient (Wildman–Crippen LogP) is 2.29. The van der Waals surface area contributed by atoms with Gasteiger partial charge in [-0.3, -0.25) is 14.9 Å². The standard InChI is InChI=1S/C14H20FN3O3/c1-4-14(16,5-2)8-17-13(19)11-7-10(18(20)21)6-9(3)12(11)15/h6-7H,4-5,8,16H2,1-3H3,(H,17,19). The Morgan fingerprint density at radius 1 is 1.43 bits per heavy atom. The van der Waals surface area contributed by atoms with Gasteiger partial charge in [-0.1, -0.05) is 13.8 Å². The Kier molecular flexibility index (Phi) is 5.37. The second-order valence-electron chi connectivity index (χ2n) is 5.13. The smallest absolute Gasteiger partial charge is 0.270 e. The molecule has 6 nitrogen and oxygen atoms in total. The van der Waals surface area contributed by atoms with Crippen molar-refractivity contribution < 1.29 is 14.1 Å². The van der Waals surface area contributed by atoms with Crippen LogP contribution in [0.4, 0.5) is 10.1 Å². The number of benzene rings is 1. The number of hydrogen-bond donors (Lipinski definition) is 2. The number of nitro benzene ring substituents is 1. The van der Waals surface area contributed by atoms with Gasteiger partial charge in [0.05, 0.1) is 10.5 Å². The van der Waals surface area contributed by atoms with Crippen LogP contribution in [0.25, 0.3) is 0 Å². The molecule has 0 aliphatic carbocycles. The summed E-state index contributed by atoms with van der Waals surface area (Å²) in [5, 5.41) is 13.3. The van der Waals surface area contributed by atoms with Crippen LogP contribution in [0.3, 0.4) is 0 Å². The van der Waals surface area contributed by atoms with E-state index in [2.05, 4.69) is 5.32 Å². The van der Waals surface area contributed by atoms with E-state index < -0.39 is 22.2 Å². The Hall–Kier alpha value is -2.02. The van der Waals surface area contributed by atoms with E-state index in [9.17, 15) is 19.3 Å². The lowest BCUT2D eigenvalue weighted by molar-refractivity contribution is -0.385. The zero-order valence-electron chi connectivity index (χ0n) is 12.4. The molecule has 0 aliphatic rings. The van der Waals surface area contributed by atoms with Crippen LogP contribution in [0.2, 0.25) is 0 Å². The van der Waals surface area contributed by atoms with Gasteiger partial charge >= 0.3 is 0 Å². The molecule has 116 valence electrons. The summed E-state index contributed by atoms with van der Waals surface area (Å²) in [5.74, 6) is -1.45. The molecule has 0 saturated heterocycles. The van der Waals surface area contributed by atoms with E-state index in [0.717, 1.165) is 12.1 Å². The Labute approximate surface area is 122 Å². The Balaban J connectivity index is 3.00. The van der Waals surface area contributed by atoms with Crippen LogP contribution in [-0.2, 0) is 0 Å². The topological polar surface area (TPSA) is 98.3 Å². The largest absolute Gasteiger partial charge is 0.350 e. The maximum Gasteiger partial charge on any atom is 0.270 e. The number of hydrogen-bond acceptors (Lipinski definition) is 4. The molecule has 1 amide bonds. The molecule has 0 aromatic heterocycles. The molecule has 0 spiro atoms. The molecule has 0 saturated carbocycles. The number of carbonyl (C=O) groups excluding carboxylic acids is 1. The summed E-state index contributed by atoms with van der Waals surface area (Å²) in [7, 11) is 0. The van der Waals surface area contributed by atoms with E-state index in [1.807, 2.05) is 13.8 Å². The van der Waals surface area contributed by atoms with Crippen molar-refractivity contribution in [2.24, 2.45) is 5.73 Å². The summed E-state index contributed by atoms with van der Waals surface area (Å²) in [4.78, 5) is 22.2. The first kappa shape index (κ1) is 17.0. The minimum Gasteiger partial charge on any atom is -0.350 e. The lowest BCUT2D eigenvalue weighted by Gasteiger charge is -2.26. The Morgan fingerprint density at radius 2 is 2.00 bits per heavy atom. The highest BCUT2D eigenvalue weighted by Crippen LogP contribution is 2.21. The van der Waals surface area contributed by atoms with Gasteiger partial charge in [0.1, 0.15) is 5.82 Å². The first-order chi connectivity index (χ1) is 9.74. The quantitative estimate of drug-likeness (QED) is 0.621. The van der Waals surface area contributed by atoms with Crippen LogP contribution in [0.5, 0.6) is 0 Å². The molecule has 0 unspecified atom stereocenters. The fourth-order valence-corrected chi connectivity index (χ4v) is 1.87. The number of rotatable bonds is 6. The zero-order chi connectivity index (χ0) is 16.2. The average Bonchev–Trinajstić information content (AvgIpc) is 2.46. The lowest BCUT2D eigenvalue weighted by atomic mass is 9.94. The first-order valence-electron chi connectivity index (χ1n) is 6.75. The molecule has 1 aromatic rings. The van der Waals surface area contributed by atoms with Gasteiger partial charge < -0.3 is 11.1 Å². The Morgan fingerprint density at radius 3 is 2.48 bits per heavy atom. The van der Waals surface area contributed by atoms with Crippen molar-refractivity contribution in [1.82, 2.24) is 5.32 Å². The molecule has 1 rings (SSSR count). The van der Waals surface area contributed by atoms with Crippen molar-refractivity contribution in [3.8, 4) is 0 Å². The molecule has 0 atom stereocenters. The van der Waals surface area contributed by atoms with Gasteiger partial charge in [-0.15, -0.1) is 0 Å². The van der Waals surface area contributed by atoms with Gasteiger partial charge in [-0.2, -0.15) is 0 Å². The van der Waals surface area contributed by atoms with E-state index in [4.69, 9.17) is 5.73 Å². The second-order valence-corrected chi connectivity index (χ2v) is 5.13. The van der Waals surface area contributed by atoms with Crippen molar-refractivity contribution in [3.63, 3.8) is 0 Å². The molecule has 3 N–H and O–H groups in total. The zero-order valence-corrected chi connectivity index (χ0v) is 12.4. The summed E-state index contributed by atoms with van der Waals surface area (Å²) in [6.45, 7) is 5.35. The third-order valence-electron chi connectivity index (χ3n) is 3.70. The molecular weight excluding hydrogens is 277 g/mol. The minimum atomic E-state index is -0.756. The fraction of sp³-hybridized carbons (Fsp3) is 0.500. The van der Waals surface area contributed by atoms with Crippen LogP contribution < -0.4 is 11.1 Å². The molecule has 7 heteroatoms. The fourth-order valence-electron chi connectivity index (χ4n) is 1.87. The second kappa shape index (κ2) is 6.62. The van der Waals surface area contributed by atoms with E-state index in [0.29, 0.717) is 12.8 Å². The van der Waals surface area contributed by atoms with Crippen LogP contribution in [0.15, 0.2) is 12.1 Å². The highest BCUT2D eigenvalue weighted by molar-refractivity contribution is 5.95. The van der Waals surface area contributed by atoms with Gasteiger partial charge in [0, 0.05) is 24.2 Å². The first-order valence-corrected chi connectivity index (χ1v) is 6.75. The van der Waals surface area contributed by atoms with Crippen molar-refractivity contribution >= 4 is 11.6 Å². The summed E-state index contributed by atoms with van der Waals surface area (Å²) in [5.41, 5.74) is 4.89. The number of aryl methyl sites for hydroxylation is 1. The van der Waals surface area contributed by atoms with Gasteiger partial charge in [0.2, 0.25) is 0 Å². The molecule has 1 aromatic carbocycles. The predicted molar refractivity (Wildman–Crippen MR) is 77.6 cm³/mol. The number of halogens is 1. The molecule has 0 heterocycles. The third kappa shape index (κ3) is 3.98. The van der Waals surface area contributed by atoms with E-state index in [1.165, 1.54) is 6.92 Å². The van der Waals surface area contributed by atoms with Crippen molar-refractivity contribution in [3.05, 3.63) is 39.2 Å². The number of nitrogens with two attached hydrogens (primary N) is 1. The van der Waals surface area contributed by atoms with Gasteiger partial charge in [0.25, 0.3) is 11.6 Å². The third-order valence-corrected chi connectivity index (χ3v) is 3.70. The SMILES string of the molecule is CCC(N)(CC)CNC(=O)c1cc([N+](=O)[O-])cc(C)c1F. The summed E-state index contributed by atoms with van der Waals surface area (Å²) in [6, 6.07) is 2.03. The highest BCUT2D eigenvalue weighted by Gasteiger charge is 2.24. The Bertz CT molecular complexity index is 557. The van der Waals surface area contributed by atoms with E-state index in [1.54, 1.807) is 0 Å². The van der Waals surface area contributed by atoms with Crippen LogP contribution in [-0.4, -0.2) is 22.9 Å². The van der Waals surface area contributed by atoms with E-state index >= 15 is 0 Å². The lowest BCUT2D eigenvalue weighted by Crippen LogP contribution is -2.49. The van der Waals surface area contributed by atoms with Gasteiger partial charge in [0.15, 0.2) is 0 Å². The number of nitrogens with zero attached hydrogens (tertiary/aromatic N) is 1. The summed E-state index contributed by atoms with van der Waals surface area (Å²) in [6.07, 6.45) is 1.31. The van der Waals surface area contributed by atoms with Gasteiger partial charge in [-0.25, -0.2) is 4.39 Å². The minimum absolute atomic E-state index is 0.0549. The number of carbonyl (C=O) groups is 1. The number of nitrogens with one attached hydrogen (secondary N) is 1.